The van der Waals surface area contributed by atoms with Crippen molar-refractivity contribution >= 4 is 19.8 Å². The van der Waals surface area contributed by atoms with Gasteiger partial charge in [0, 0.05) is 19.4 Å². The summed E-state index contributed by atoms with van der Waals surface area (Å²) in [6.07, 6.45) is 83.7. The standard InChI is InChI=1S/C65H108NO8P/c1-3-5-7-9-11-13-15-17-19-21-23-24-25-26-27-28-29-30-31-32-33-34-35-36-37-38-40-42-44-46-48-50-52-54-56-58-65(68)74-63(62-73-75(69,70)72-60-59-66)61-71-64(67)57-55-53-51-49-47-45-43-41-39-22-20-18-16-14-12-10-8-6-4-2/h5-8,11-14,17-20,23-24,26-27,29-30,39,41,45,47,63H,3-4,9-10,15-16,21-22,25,28,31-38,40,42-44,46,48-62,66H2,1-2H3,(H,69,70)/b7-5-,8-6-,13-11-,14-12-,19-17-,20-18-,24-23-,27-26-,30-29-,41-39-,47-45-. The number of esters is 2. The van der Waals surface area contributed by atoms with Crippen molar-refractivity contribution in [3.8, 4) is 0 Å². The van der Waals surface area contributed by atoms with E-state index >= 15 is 0 Å². The second-order valence-electron chi connectivity index (χ2n) is 19.1. The second-order valence-corrected chi connectivity index (χ2v) is 20.6. The minimum Gasteiger partial charge on any atom is -0.462 e. The van der Waals surface area contributed by atoms with Gasteiger partial charge in [-0.25, -0.2) is 4.57 Å². The number of carbonyl (C=O) groups excluding carboxylic acids is 2. The Morgan fingerprint density at radius 3 is 1.04 bits per heavy atom. The van der Waals surface area contributed by atoms with Crippen LogP contribution in [-0.4, -0.2) is 49.3 Å². The Labute approximate surface area is 459 Å². The van der Waals surface area contributed by atoms with Gasteiger partial charge in [0.05, 0.1) is 13.2 Å². The summed E-state index contributed by atoms with van der Waals surface area (Å²) in [6.45, 7) is 3.47. The summed E-state index contributed by atoms with van der Waals surface area (Å²) in [5, 5.41) is 0. The first kappa shape index (κ1) is 71.2. The molecule has 0 saturated carbocycles. The van der Waals surface area contributed by atoms with Gasteiger partial charge < -0.3 is 20.1 Å². The molecule has 0 radical (unpaired) electrons. The van der Waals surface area contributed by atoms with E-state index in [0.29, 0.717) is 12.8 Å². The Balaban J connectivity index is 3.97. The third kappa shape index (κ3) is 59.3. The molecular formula is C65H108NO8P. The zero-order valence-corrected chi connectivity index (χ0v) is 48.4. The lowest BCUT2D eigenvalue weighted by Gasteiger charge is -2.19. The van der Waals surface area contributed by atoms with Crippen molar-refractivity contribution < 1.29 is 37.6 Å². The van der Waals surface area contributed by atoms with E-state index < -0.39 is 32.5 Å². The quantitative estimate of drug-likeness (QED) is 0.0264. The Hall–Kier alpha value is -3.85. The van der Waals surface area contributed by atoms with E-state index in [-0.39, 0.29) is 32.6 Å². The van der Waals surface area contributed by atoms with Crippen LogP contribution in [0.15, 0.2) is 134 Å². The molecule has 2 atom stereocenters. The molecule has 0 spiro atoms. The van der Waals surface area contributed by atoms with Crippen LogP contribution in [0.5, 0.6) is 0 Å². The first-order chi connectivity index (χ1) is 36.8. The highest BCUT2D eigenvalue weighted by molar-refractivity contribution is 7.47. The Kier molecular flexibility index (Phi) is 56.3. The van der Waals surface area contributed by atoms with E-state index in [1.165, 1.54) is 83.5 Å². The monoisotopic (exact) mass is 1060 g/mol. The van der Waals surface area contributed by atoms with Crippen molar-refractivity contribution in [1.82, 2.24) is 0 Å². The highest BCUT2D eigenvalue weighted by Crippen LogP contribution is 2.43. The van der Waals surface area contributed by atoms with Crippen LogP contribution in [0.1, 0.15) is 232 Å². The number of phosphoric ester groups is 1. The molecule has 426 valence electrons. The third-order valence-corrected chi connectivity index (χ3v) is 13.0. The first-order valence-electron chi connectivity index (χ1n) is 29.7. The topological polar surface area (TPSA) is 134 Å². The Morgan fingerprint density at radius 2 is 0.693 bits per heavy atom. The minimum atomic E-state index is -4.40. The molecule has 3 N–H and O–H groups in total. The molecule has 0 aromatic rings. The molecule has 0 saturated heterocycles. The summed E-state index contributed by atoms with van der Waals surface area (Å²) in [5.74, 6) is -0.870. The van der Waals surface area contributed by atoms with Crippen molar-refractivity contribution in [1.29, 1.82) is 0 Å². The maximum atomic E-state index is 12.7. The van der Waals surface area contributed by atoms with E-state index in [1.54, 1.807) is 0 Å². The number of ether oxygens (including phenoxy) is 2. The number of hydrogen-bond acceptors (Lipinski definition) is 8. The fraction of sp³-hybridized carbons (Fsp3) is 0.631. The normalized spacial score (nSPS) is 14.0. The average Bonchev–Trinajstić information content (AvgIpc) is 3.40. The molecule has 0 fully saturated rings. The maximum Gasteiger partial charge on any atom is 0.472 e. The number of hydrogen-bond donors (Lipinski definition) is 2. The van der Waals surface area contributed by atoms with Gasteiger partial charge in [-0.1, -0.05) is 244 Å². The van der Waals surface area contributed by atoms with E-state index in [4.69, 9.17) is 24.3 Å². The van der Waals surface area contributed by atoms with E-state index in [1.807, 2.05) is 0 Å². The van der Waals surface area contributed by atoms with Crippen LogP contribution >= 0.6 is 7.82 Å². The van der Waals surface area contributed by atoms with E-state index in [9.17, 15) is 19.0 Å². The molecule has 0 rings (SSSR count). The van der Waals surface area contributed by atoms with Gasteiger partial charge in [0.1, 0.15) is 6.61 Å². The molecule has 0 bridgehead atoms. The van der Waals surface area contributed by atoms with Crippen molar-refractivity contribution in [2.75, 3.05) is 26.4 Å². The van der Waals surface area contributed by atoms with Crippen LogP contribution in [0.3, 0.4) is 0 Å². The molecule has 2 unspecified atom stereocenters. The van der Waals surface area contributed by atoms with Gasteiger partial charge in [-0.15, -0.1) is 0 Å². The molecule has 0 aliphatic heterocycles. The molecule has 0 aromatic carbocycles. The molecule has 75 heavy (non-hydrogen) atoms. The molecular weight excluding hydrogens is 954 g/mol. The van der Waals surface area contributed by atoms with Crippen LogP contribution in [0.4, 0.5) is 0 Å². The van der Waals surface area contributed by atoms with Crippen molar-refractivity contribution in [2.24, 2.45) is 5.73 Å². The van der Waals surface area contributed by atoms with Crippen molar-refractivity contribution in [3.63, 3.8) is 0 Å². The van der Waals surface area contributed by atoms with Gasteiger partial charge in [0.15, 0.2) is 6.10 Å². The number of carbonyl (C=O) groups is 2. The van der Waals surface area contributed by atoms with Gasteiger partial charge in [0.25, 0.3) is 0 Å². The van der Waals surface area contributed by atoms with Crippen LogP contribution in [0.25, 0.3) is 0 Å². The summed E-state index contributed by atoms with van der Waals surface area (Å²) in [7, 11) is -4.40. The molecule has 10 heteroatoms. The van der Waals surface area contributed by atoms with Crippen LogP contribution in [-0.2, 0) is 32.7 Å². The summed E-state index contributed by atoms with van der Waals surface area (Å²) in [5.41, 5.74) is 5.38. The van der Waals surface area contributed by atoms with Crippen molar-refractivity contribution in [2.45, 2.75) is 238 Å². The molecule has 0 aromatic heterocycles. The fourth-order valence-electron chi connectivity index (χ4n) is 7.72. The number of unbranched alkanes of at least 4 members (excludes halogenated alkanes) is 19. The minimum absolute atomic E-state index is 0.0427. The number of rotatable bonds is 54. The van der Waals surface area contributed by atoms with E-state index in [2.05, 4.69) is 148 Å². The predicted molar refractivity (Wildman–Crippen MR) is 320 cm³/mol. The third-order valence-electron chi connectivity index (χ3n) is 12.0. The summed E-state index contributed by atoms with van der Waals surface area (Å²) < 4.78 is 33.0. The molecule has 0 heterocycles. The lowest BCUT2D eigenvalue weighted by molar-refractivity contribution is -0.161. The number of allylic oxidation sites excluding steroid dienone is 22. The average molecular weight is 1060 g/mol. The first-order valence-corrected chi connectivity index (χ1v) is 31.2. The van der Waals surface area contributed by atoms with Gasteiger partial charge in [0.2, 0.25) is 0 Å². The number of phosphoric acid groups is 1. The Bertz CT molecular complexity index is 1680. The SMILES string of the molecule is CC/C=C\C/C=C\C/C=C\C/C=C\C/C=C\C/C=C\CCCCCCCCCCCCCCCCCCC(=O)OC(COC(=O)CCCCC/C=C\C/C=C\C/C=C\C/C=C\C/C=C\CC)COP(=O)(O)OCCN. The molecule has 0 aliphatic rings. The summed E-state index contributed by atoms with van der Waals surface area (Å²) >= 11 is 0. The van der Waals surface area contributed by atoms with Gasteiger partial charge in [-0.3, -0.25) is 18.6 Å². The summed E-state index contributed by atoms with van der Waals surface area (Å²) in [6, 6.07) is 0. The zero-order chi connectivity index (χ0) is 54.5. The largest absolute Gasteiger partial charge is 0.472 e. The maximum absolute atomic E-state index is 12.7. The highest BCUT2D eigenvalue weighted by atomic mass is 31.2. The predicted octanol–water partition coefficient (Wildman–Crippen LogP) is 19.0. The van der Waals surface area contributed by atoms with Crippen LogP contribution in [0, 0.1) is 0 Å². The van der Waals surface area contributed by atoms with Gasteiger partial charge in [-0.2, -0.15) is 0 Å². The van der Waals surface area contributed by atoms with E-state index in [0.717, 1.165) is 109 Å². The van der Waals surface area contributed by atoms with Crippen LogP contribution in [0.2, 0.25) is 0 Å². The number of nitrogens with two attached hydrogens (primary N) is 1. The second kappa shape index (κ2) is 59.4. The van der Waals surface area contributed by atoms with Gasteiger partial charge >= 0.3 is 19.8 Å². The molecule has 9 nitrogen and oxygen atoms in total. The zero-order valence-electron chi connectivity index (χ0n) is 47.5. The van der Waals surface area contributed by atoms with Crippen molar-refractivity contribution in [3.05, 3.63) is 134 Å². The smallest absolute Gasteiger partial charge is 0.462 e. The Morgan fingerprint density at radius 1 is 0.400 bits per heavy atom. The molecule has 0 aliphatic carbocycles. The summed E-state index contributed by atoms with van der Waals surface area (Å²) in [4.78, 5) is 35.2. The fourth-order valence-corrected chi connectivity index (χ4v) is 8.49. The lowest BCUT2D eigenvalue weighted by atomic mass is 10.0. The van der Waals surface area contributed by atoms with Crippen LogP contribution < -0.4 is 5.73 Å². The molecule has 0 amide bonds. The highest BCUT2D eigenvalue weighted by Gasteiger charge is 2.26. The lowest BCUT2D eigenvalue weighted by Crippen LogP contribution is -2.29. The van der Waals surface area contributed by atoms with Gasteiger partial charge in [-0.05, 0) is 109 Å².